The SMILES string of the molecule is Cc1ncc(NCc2ccn(C)n2)nc1C. The van der Waals surface area contributed by atoms with Gasteiger partial charge < -0.3 is 5.32 Å². The Morgan fingerprint density at radius 3 is 2.75 bits per heavy atom. The van der Waals surface area contributed by atoms with Crippen LogP contribution < -0.4 is 5.32 Å². The van der Waals surface area contributed by atoms with E-state index in [-0.39, 0.29) is 0 Å². The van der Waals surface area contributed by atoms with Gasteiger partial charge >= 0.3 is 0 Å². The van der Waals surface area contributed by atoms with Gasteiger partial charge in [0, 0.05) is 13.2 Å². The molecule has 0 aliphatic carbocycles. The van der Waals surface area contributed by atoms with Gasteiger partial charge in [-0.25, -0.2) is 4.98 Å². The third kappa shape index (κ3) is 2.36. The summed E-state index contributed by atoms with van der Waals surface area (Å²) in [7, 11) is 1.90. The molecule has 0 saturated carbocycles. The van der Waals surface area contributed by atoms with Crippen LogP contribution in [0.5, 0.6) is 0 Å². The molecule has 5 heteroatoms. The van der Waals surface area contributed by atoms with Crippen LogP contribution in [-0.2, 0) is 13.6 Å². The second-order valence-corrected chi connectivity index (χ2v) is 3.76. The number of aryl methyl sites for hydroxylation is 3. The Morgan fingerprint density at radius 2 is 2.12 bits per heavy atom. The van der Waals surface area contributed by atoms with E-state index in [0.717, 1.165) is 22.9 Å². The molecule has 2 aromatic heterocycles. The van der Waals surface area contributed by atoms with Gasteiger partial charge in [0.1, 0.15) is 5.82 Å². The number of nitrogens with one attached hydrogen (secondary N) is 1. The zero-order valence-corrected chi connectivity index (χ0v) is 9.73. The Balaban J connectivity index is 2.02. The molecule has 0 aliphatic rings. The number of hydrogen-bond acceptors (Lipinski definition) is 4. The Morgan fingerprint density at radius 1 is 1.31 bits per heavy atom. The summed E-state index contributed by atoms with van der Waals surface area (Å²) in [6.07, 6.45) is 3.66. The Hall–Kier alpha value is -1.91. The fraction of sp³-hybridized carbons (Fsp3) is 0.364. The predicted molar refractivity (Wildman–Crippen MR) is 62.0 cm³/mol. The third-order valence-corrected chi connectivity index (χ3v) is 2.41. The standard InChI is InChI=1S/C11H15N5/c1-8-9(2)14-11(7-12-8)13-6-10-4-5-16(3)15-10/h4-5,7H,6H2,1-3H3,(H,13,14). The maximum absolute atomic E-state index is 4.39. The summed E-state index contributed by atoms with van der Waals surface area (Å²) in [5, 5.41) is 7.46. The van der Waals surface area contributed by atoms with Gasteiger partial charge in [0.2, 0.25) is 0 Å². The largest absolute Gasteiger partial charge is 0.363 e. The van der Waals surface area contributed by atoms with Crippen molar-refractivity contribution in [3.63, 3.8) is 0 Å². The number of aromatic nitrogens is 4. The van der Waals surface area contributed by atoms with E-state index in [1.165, 1.54) is 0 Å². The molecule has 1 N–H and O–H groups in total. The summed E-state index contributed by atoms with van der Waals surface area (Å²) >= 11 is 0. The summed E-state index contributed by atoms with van der Waals surface area (Å²) in [5.41, 5.74) is 2.90. The molecule has 0 radical (unpaired) electrons. The Kier molecular flexibility index (Phi) is 2.85. The molecule has 0 spiro atoms. The molecule has 0 aromatic carbocycles. The molecule has 0 aliphatic heterocycles. The highest BCUT2D eigenvalue weighted by Crippen LogP contribution is 2.06. The molecular weight excluding hydrogens is 202 g/mol. The van der Waals surface area contributed by atoms with Gasteiger partial charge in [-0.3, -0.25) is 9.67 Å². The number of rotatable bonds is 3. The minimum absolute atomic E-state index is 0.665. The van der Waals surface area contributed by atoms with Gasteiger partial charge in [0.15, 0.2) is 0 Å². The van der Waals surface area contributed by atoms with Crippen molar-refractivity contribution in [1.82, 2.24) is 19.7 Å². The van der Waals surface area contributed by atoms with Crippen LogP contribution in [0.15, 0.2) is 18.5 Å². The molecule has 16 heavy (non-hydrogen) atoms. The van der Waals surface area contributed by atoms with Crippen LogP contribution in [0, 0.1) is 13.8 Å². The van der Waals surface area contributed by atoms with Crippen LogP contribution in [0.3, 0.4) is 0 Å². The molecule has 0 saturated heterocycles. The van der Waals surface area contributed by atoms with Gasteiger partial charge in [-0.2, -0.15) is 5.10 Å². The van der Waals surface area contributed by atoms with Crippen molar-refractivity contribution in [2.45, 2.75) is 20.4 Å². The van der Waals surface area contributed by atoms with Crippen LogP contribution in [0.4, 0.5) is 5.82 Å². The molecule has 84 valence electrons. The number of nitrogens with zero attached hydrogens (tertiary/aromatic N) is 4. The van der Waals surface area contributed by atoms with E-state index in [9.17, 15) is 0 Å². The van der Waals surface area contributed by atoms with E-state index in [0.29, 0.717) is 6.54 Å². The normalized spacial score (nSPS) is 10.4. The molecule has 5 nitrogen and oxygen atoms in total. The van der Waals surface area contributed by atoms with E-state index < -0.39 is 0 Å². The Labute approximate surface area is 94.5 Å². The zero-order valence-electron chi connectivity index (χ0n) is 9.73. The number of hydrogen-bond donors (Lipinski definition) is 1. The summed E-state index contributed by atoms with van der Waals surface area (Å²) in [6, 6.07) is 1.97. The zero-order chi connectivity index (χ0) is 11.5. The number of anilines is 1. The highest BCUT2D eigenvalue weighted by atomic mass is 15.3. The first kappa shape index (κ1) is 10.6. The molecule has 0 bridgehead atoms. The van der Waals surface area contributed by atoms with Gasteiger partial charge in [0.25, 0.3) is 0 Å². The highest BCUT2D eigenvalue weighted by Gasteiger charge is 2.00. The second kappa shape index (κ2) is 4.30. The van der Waals surface area contributed by atoms with Crippen molar-refractivity contribution in [2.75, 3.05) is 5.32 Å². The fourth-order valence-electron chi connectivity index (χ4n) is 1.37. The van der Waals surface area contributed by atoms with Crippen molar-refractivity contribution in [3.8, 4) is 0 Å². The summed E-state index contributed by atoms with van der Waals surface area (Å²) in [6.45, 7) is 4.57. The van der Waals surface area contributed by atoms with Crippen LogP contribution >= 0.6 is 0 Å². The van der Waals surface area contributed by atoms with Crippen LogP contribution in [0.1, 0.15) is 17.1 Å². The summed E-state index contributed by atoms with van der Waals surface area (Å²) < 4.78 is 1.78. The molecular formula is C11H15N5. The molecule has 0 atom stereocenters. The lowest BCUT2D eigenvalue weighted by Gasteiger charge is -2.05. The Bertz CT molecular complexity index is 489. The quantitative estimate of drug-likeness (QED) is 0.845. The van der Waals surface area contributed by atoms with Gasteiger partial charge in [-0.05, 0) is 19.9 Å². The van der Waals surface area contributed by atoms with Crippen LogP contribution in [0.25, 0.3) is 0 Å². The molecule has 2 rings (SSSR count). The van der Waals surface area contributed by atoms with Crippen molar-refractivity contribution < 1.29 is 0 Å². The maximum atomic E-state index is 4.39. The van der Waals surface area contributed by atoms with E-state index in [1.807, 2.05) is 33.2 Å². The molecule has 2 aromatic rings. The molecule has 0 fully saturated rings. The van der Waals surface area contributed by atoms with Crippen LogP contribution in [-0.4, -0.2) is 19.7 Å². The second-order valence-electron chi connectivity index (χ2n) is 3.76. The molecule has 0 amide bonds. The van der Waals surface area contributed by atoms with Gasteiger partial charge in [-0.15, -0.1) is 0 Å². The summed E-state index contributed by atoms with van der Waals surface area (Å²) in [4.78, 5) is 8.63. The monoisotopic (exact) mass is 217 g/mol. The summed E-state index contributed by atoms with van der Waals surface area (Å²) in [5.74, 6) is 0.786. The average Bonchev–Trinajstić information content (AvgIpc) is 2.66. The minimum atomic E-state index is 0.665. The topological polar surface area (TPSA) is 55.6 Å². The van der Waals surface area contributed by atoms with Gasteiger partial charge in [0.05, 0.1) is 29.8 Å². The predicted octanol–water partition coefficient (Wildman–Crippen LogP) is 1.44. The van der Waals surface area contributed by atoms with E-state index >= 15 is 0 Å². The average molecular weight is 217 g/mol. The van der Waals surface area contributed by atoms with Crippen molar-refractivity contribution in [3.05, 3.63) is 35.5 Å². The van der Waals surface area contributed by atoms with E-state index in [4.69, 9.17) is 0 Å². The third-order valence-electron chi connectivity index (χ3n) is 2.41. The maximum Gasteiger partial charge on any atom is 0.145 e. The molecule has 0 unspecified atom stereocenters. The lowest BCUT2D eigenvalue weighted by molar-refractivity contribution is 0.746. The van der Waals surface area contributed by atoms with Crippen molar-refractivity contribution in [2.24, 2.45) is 7.05 Å². The lowest BCUT2D eigenvalue weighted by atomic mass is 10.3. The first-order chi connectivity index (χ1) is 7.65. The van der Waals surface area contributed by atoms with E-state index in [2.05, 4.69) is 20.4 Å². The first-order valence-corrected chi connectivity index (χ1v) is 5.18. The highest BCUT2D eigenvalue weighted by molar-refractivity contribution is 5.33. The van der Waals surface area contributed by atoms with Crippen molar-refractivity contribution in [1.29, 1.82) is 0 Å². The first-order valence-electron chi connectivity index (χ1n) is 5.18. The van der Waals surface area contributed by atoms with Crippen LogP contribution in [0.2, 0.25) is 0 Å². The minimum Gasteiger partial charge on any atom is -0.363 e. The molecule has 2 heterocycles. The van der Waals surface area contributed by atoms with Gasteiger partial charge in [-0.1, -0.05) is 0 Å². The van der Waals surface area contributed by atoms with Crippen molar-refractivity contribution >= 4 is 5.82 Å². The lowest BCUT2D eigenvalue weighted by Crippen LogP contribution is -2.04. The van der Waals surface area contributed by atoms with E-state index in [1.54, 1.807) is 10.9 Å². The smallest absolute Gasteiger partial charge is 0.145 e. The fourth-order valence-corrected chi connectivity index (χ4v) is 1.37.